The lowest BCUT2D eigenvalue weighted by molar-refractivity contribution is -0.145. The molecule has 0 saturated heterocycles. The number of rotatable bonds is 4. The maximum Gasteiger partial charge on any atom is 0.334 e. The normalized spacial score (nSPS) is 19.5. The molecule has 3 rings (SSSR count). The Morgan fingerprint density at radius 3 is 2.68 bits per heavy atom. The van der Waals surface area contributed by atoms with Crippen LogP contribution >= 0.6 is 11.3 Å². The van der Waals surface area contributed by atoms with E-state index in [0.29, 0.717) is 22.6 Å². The van der Waals surface area contributed by atoms with E-state index >= 15 is 0 Å². The number of amides is 1. The maximum atomic E-state index is 12.9. The molecule has 0 radical (unpaired) electrons. The quantitative estimate of drug-likeness (QED) is 0.875. The van der Waals surface area contributed by atoms with Crippen molar-refractivity contribution in [1.29, 1.82) is 0 Å². The Morgan fingerprint density at radius 1 is 1.32 bits per heavy atom. The Hall–Kier alpha value is -2.21. The van der Waals surface area contributed by atoms with Gasteiger partial charge in [-0.05, 0) is 37.3 Å². The van der Waals surface area contributed by atoms with Crippen molar-refractivity contribution >= 4 is 23.2 Å². The number of nitrogens with one attached hydrogen (secondary N) is 1. The SMILES string of the molecule is Cc1nc(C(C)C)sc1C(=O)N[C@@]1(C(=O)O)CCCc2ccccc21. The van der Waals surface area contributed by atoms with E-state index in [4.69, 9.17) is 0 Å². The summed E-state index contributed by atoms with van der Waals surface area (Å²) in [5.74, 6) is -1.14. The van der Waals surface area contributed by atoms with E-state index in [1.807, 2.05) is 38.1 Å². The van der Waals surface area contributed by atoms with Crippen LogP contribution in [0.15, 0.2) is 24.3 Å². The summed E-state index contributed by atoms with van der Waals surface area (Å²) in [7, 11) is 0. The van der Waals surface area contributed by atoms with Gasteiger partial charge in [0.2, 0.25) is 0 Å². The molecule has 2 aromatic rings. The van der Waals surface area contributed by atoms with E-state index in [-0.39, 0.29) is 11.8 Å². The highest BCUT2D eigenvalue weighted by Crippen LogP contribution is 2.36. The van der Waals surface area contributed by atoms with E-state index in [0.717, 1.165) is 23.4 Å². The van der Waals surface area contributed by atoms with Gasteiger partial charge in [-0.25, -0.2) is 9.78 Å². The van der Waals surface area contributed by atoms with Crippen LogP contribution < -0.4 is 5.32 Å². The van der Waals surface area contributed by atoms with Crippen LogP contribution in [0.3, 0.4) is 0 Å². The zero-order valence-corrected chi connectivity index (χ0v) is 15.4. The van der Waals surface area contributed by atoms with Gasteiger partial charge >= 0.3 is 5.97 Å². The lowest BCUT2D eigenvalue weighted by Crippen LogP contribution is -2.53. The number of hydrogen-bond acceptors (Lipinski definition) is 4. The number of hydrogen-bond donors (Lipinski definition) is 2. The summed E-state index contributed by atoms with van der Waals surface area (Å²) in [5.41, 5.74) is 0.949. The Morgan fingerprint density at radius 2 is 2.04 bits per heavy atom. The van der Waals surface area contributed by atoms with E-state index in [2.05, 4.69) is 10.3 Å². The third-order valence-electron chi connectivity index (χ3n) is 4.68. The van der Waals surface area contributed by atoms with Gasteiger partial charge in [-0.3, -0.25) is 4.79 Å². The molecule has 0 saturated carbocycles. The van der Waals surface area contributed by atoms with Crippen LogP contribution in [0.2, 0.25) is 0 Å². The molecule has 1 amide bonds. The van der Waals surface area contributed by atoms with Crippen LogP contribution in [0, 0.1) is 6.92 Å². The summed E-state index contributed by atoms with van der Waals surface area (Å²) in [5, 5.41) is 13.7. The predicted molar refractivity (Wildman–Crippen MR) is 97.1 cm³/mol. The minimum atomic E-state index is -1.37. The molecule has 132 valence electrons. The van der Waals surface area contributed by atoms with Gasteiger partial charge in [0, 0.05) is 5.92 Å². The average molecular weight is 358 g/mol. The molecular weight excluding hydrogens is 336 g/mol. The first-order valence-corrected chi connectivity index (χ1v) is 9.28. The number of aryl methyl sites for hydroxylation is 2. The highest BCUT2D eigenvalue weighted by atomic mass is 32.1. The number of thiazole rings is 1. The van der Waals surface area contributed by atoms with Gasteiger partial charge in [0.1, 0.15) is 4.88 Å². The first-order chi connectivity index (χ1) is 11.8. The first kappa shape index (κ1) is 17.6. The van der Waals surface area contributed by atoms with Crippen LogP contribution in [-0.2, 0) is 16.8 Å². The number of carboxylic acid groups (broad SMARTS) is 1. The second-order valence-corrected chi connectivity index (χ2v) is 7.83. The number of nitrogens with zero attached hydrogens (tertiary/aromatic N) is 1. The topological polar surface area (TPSA) is 79.3 Å². The molecule has 5 nitrogen and oxygen atoms in total. The van der Waals surface area contributed by atoms with Crippen LogP contribution in [0.1, 0.15) is 64.1 Å². The fourth-order valence-corrected chi connectivity index (χ4v) is 4.33. The molecular formula is C19H22N2O3S. The number of aliphatic carboxylic acids is 1. The van der Waals surface area contributed by atoms with Gasteiger partial charge in [0.25, 0.3) is 5.91 Å². The second kappa shape index (κ2) is 6.59. The zero-order valence-electron chi connectivity index (χ0n) is 14.6. The number of benzene rings is 1. The van der Waals surface area contributed by atoms with Crippen LogP contribution in [-0.4, -0.2) is 22.0 Å². The molecule has 1 aromatic heterocycles. The third-order valence-corrected chi connectivity index (χ3v) is 6.14. The Balaban J connectivity index is 1.99. The lowest BCUT2D eigenvalue weighted by atomic mass is 9.76. The van der Waals surface area contributed by atoms with Crippen LogP contribution in [0.25, 0.3) is 0 Å². The van der Waals surface area contributed by atoms with E-state index in [9.17, 15) is 14.7 Å². The van der Waals surface area contributed by atoms with Gasteiger partial charge < -0.3 is 10.4 Å². The monoisotopic (exact) mass is 358 g/mol. The molecule has 0 spiro atoms. The van der Waals surface area contributed by atoms with E-state index in [1.165, 1.54) is 11.3 Å². The maximum absolute atomic E-state index is 12.9. The fraction of sp³-hybridized carbons (Fsp3) is 0.421. The number of carboxylic acids is 1. The predicted octanol–water partition coefficient (Wildman–Crippen LogP) is 3.62. The van der Waals surface area contributed by atoms with E-state index in [1.54, 1.807) is 6.92 Å². The van der Waals surface area contributed by atoms with Crippen molar-refractivity contribution in [2.24, 2.45) is 0 Å². The van der Waals surface area contributed by atoms with Crippen molar-refractivity contribution < 1.29 is 14.7 Å². The minimum absolute atomic E-state index is 0.231. The first-order valence-electron chi connectivity index (χ1n) is 8.47. The summed E-state index contributed by atoms with van der Waals surface area (Å²) < 4.78 is 0. The van der Waals surface area contributed by atoms with Gasteiger partial charge in [0.05, 0.1) is 10.7 Å². The molecule has 0 unspecified atom stereocenters. The highest BCUT2D eigenvalue weighted by molar-refractivity contribution is 7.13. The summed E-state index contributed by atoms with van der Waals surface area (Å²) in [6.07, 6.45) is 1.95. The number of aromatic nitrogens is 1. The van der Waals surface area contributed by atoms with Gasteiger partial charge in [-0.15, -0.1) is 11.3 Å². The molecule has 1 aromatic carbocycles. The zero-order chi connectivity index (χ0) is 18.2. The molecule has 0 fully saturated rings. The average Bonchev–Trinajstić information content (AvgIpc) is 2.97. The molecule has 2 N–H and O–H groups in total. The molecule has 25 heavy (non-hydrogen) atoms. The summed E-state index contributed by atoms with van der Waals surface area (Å²) in [6, 6.07) is 7.47. The van der Waals surface area contributed by atoms with Gasteiger partial charge in [-0.1, -0.05) is 38.1 Å². The van der Waals surface area contributed by atoms with Crippen molar-refractivity contribution in [2.45, 2.75) is 51.5 Å². The largest absolute Gasteiger partial charge is 0.479 e. The fourth-order valence-electron chi connectivity index (χ4n) is 3.36. The van der Waals surface area contributed by atoms with Crippen molar-refractivity contribution in [3.05, 3.63) is 51.0 Å². The molecule has 0 bridgehead atoms. The second-order valence-electron chi connectivity index (χ2n) is 6.80. The van der Waals surface area contributed by atoms with E-state index < -0.39 is 11.5 Å². The molecule has 1 heterocycles. The molecule has 1 aliphatic carbocycles. The summed E-state index contributed by atoms with van der Waals surface area (Å²) in [4.78, 5) is 30.0. The third kappa shape index (κ3) is 3.06. The van der Waals surface area contributed by atoms with Crippen molar-refractivity contribution in [2.75, 3.05) is 0 Å². The number of fused-ring (bicyclic) bond motifs is 1. The Kier molecular flexibility index (Phi) is 4.64. The molecule has 1 aliphatic rings. The van der Waals surface area contributed by atoms with Gasteiger partial charge in [0.15, 0.2) is 5.54 Å². The molecule has 0 aliphatic heterocycles. The standard InChI is InChI=1S/C19H22N2O3S/c1-11(2)17-20-12(3)15(25-17)16(22)21-19(18(23)24)10-6-8-13-7-4-5-9-14(13)19/h4-5,7,9,11H,6,8,10H2,1-3H3,(H,21,22)(H,23,24)/t19-/m0/s1. The van der Waals surface area contributed by atoms with Crippen LogP contribution in [0.5, 0.6) is 0 Å². The minimum Gasteiger partial charge on any atom is -0.479 e. The van der Waals surface area contributed by atoms with Crippen molar-refractivity contribution in [1.82, 2.24) is 10.3 Å². The summed E-state index contributed by atoms with van der Waals surface area (Å²) >= 11 is 1.34. The number of carbonyl (C=O) groups is 2. The number of carbonyl (C=O) groups excluding carboxylic acids is 1. The molecule has 1 atom stereocenters. The van der Waals surface area contributed by atoms with Crippen molar-refractivity contribution in [3.63, 3.8) is 0 Å². The molecule has 6 heteroatoms. The summed E-state index contributed by atoms with van der Waals surface area (Å²) in [6.45, 7) is 5.84. The van der Waals surface area contributed by atoms with Gasteiger partial charge in [-0.2, -0.15) is 0 Å². The van der Waals surface area contributed by atoms with Crippen LogP contribution in [0.4, 0.5) is 0 Å². The smallest absolute Gasteiger partial charge is 0.334 e. The Labute approximate surface area is 151 Å². The Bertz CT molecular complexity index is 828. The van der Waals surface area contributed by atoms with Crippen molar-refractivity contribution in [3.8, 4) is 0 Å². The highest BCUT2D eigenvalue weighted by Gasteiger charge is 2.45. The lowest BCUT2D eigenvalue weighted by Gasteiger charge is -2.36.